The van der Waals surface area contributed by atoms with E-state index < -0.39 is 0 Å². The second kappa shape index (κ2) is 11.4. The lowest BCUT2D eigenvalue weighted by Crippen LogP contribution is -2.33. The molecule has 1 saturated heterocycles. The average Bonchev–Trinajstić information content (AvgIpc) is 3.23. The summed E-state index contributed by atoms with van der Waals surface area (Å²) in [7, 11) is 0. The third-order valence-corrected chi connectivity index (χ3v) is 8.45. The Bertz CT molecular complexity index is 1190. The van der Waals surface area contributed by atoms with Crippen LogP contribution < -0.4 is 4.74 Å². The molecule has 2 heterocycles. The first-order valence-electron chi connectivity index (χ1n) is 13.1. The standard InChI is InChI=1S/C30H35NO3S/c32-24-13-16-26-27(21-24)35-30(23-9-5-2-1-3-6-10-23)28(26)29(33)22-11-14-25(15-12-22)34-20-19-31-17-7-4-8-18-31/h9,11-16,21,32H,1-8,10,17-20H2/b23-9+. The van der Waals surface area contributed by atoms with Gasteiger partial charge in [0.15, 0.2) is 5.78 Å². The van der Waals surface area contributed by atoms with Crippen LogP contribution in [0.3, 0.4) is 0 Å². The summed E-state index contributed by atoms with van der Waals surface area (Å²) in [6, 6.07) is 13.0. The lowest BCUT2D eigenvalue weighted by atomic mass is 9.93. The van der Waals surface area contributed by atoms with E-state index in [-0.39, 0.29) is 11.5 Å². The molecule has 0 unspecified atom stereocenters. The van der Waals surface area contributed by atoms with E-state index in [0.29, 0.717) is 12.2 Å². The van der Waals surface area contributed by atoms with Crippen molar-refractivity contribution in [1.82, 2.24) is 4.90 Å². The van der Waals surface area contributed by atoms with Gasteiger partial charge in [0.05, 0.1) is 0 Å². The number of allylic oxidation sites excluding steroid dienone is 2. The average molecular weight is 490 g/mol. The number of aromatic hydroxyl groups is 1. The van der Waals surface area contributed by atoms with E-state index in [9.17, 15) is 9.90 Å². The summed E-state index contributed by atoms with van der Waals surface area (Å²) < 4.78 is 6.94. The summed E-state index contributed by atoms with van der Waals surface area (Å²) in [5, 5.41) is 11.0. The van der Waals surface area contributed by atoms with Crippen molar-refractivity contribution in [2.75, 3.05) is 26.2 Å². The summed E-state index contributed by atoms with van der Waals surface area (Å²) in [4.78, 5) is 17.4. The summed E-state index contributed by atoms with van der Waals surface area (Å²) in [5.41, 5.74) is 2.73. The molecule has 0 bridgehead atoms. The fourth-order valence-electron chi connectivity index (χ4n) is 5.26. The van der Waals surface area contributed by atoms with E-state index in [0.717, 1.165) is 52.1 Å². The number of phenols is 1. The fourth-order valence-corrected chi connectivity index (χ4v) is 6.56. The molecule has 0 radical (unpaired) electrons. The molecule has 1 N–H and O–H groups in total. The van der Waals surface area contributed by atoms with Crippen molar-refractivity contribution in [2.45, 2.75) is 57.8 Å². The maximum Gasteiger partial charge on any atom is 0.195 e. The number of carbonyl (C=O) groups excluding carboxylic acids is 1. The number of carbonyl (C=O) groups is 1. The molecule has 1 aromatic heterocycles. The maximum absolute atomic E-state index is 13.8. The zero-order valence-corrected chi connectivity index (χ0v) is 21.2. The molecular formula is C30H35NO3S. The molecule has 2 aliphatic rings. The van der Waals surface area contributed by atoms with E-state index in [1.54, 1.807) is 23.5 Å². The Balaban J connectivity index is 1.37. The number of hydrogen-bond donors (Lipinski definition) is 1. The molecule has 3 aromatic rings. The van der Waals surface area contributed by atoms with Crippen molar-refractivity contribution >= 4 is 32.8 Å². The summed E-state index contributed by atoms with van der Waals surface area (Å²) >= 11 is 1.63. The van der Waals surface area contributed by atoms with E-state index >= 15 is 0 Å². The van der Waals surface area contributed by atoms with Crippen LogP contribution in [0, 0.1) is 0 Å². The van der Waals surface area contributed by atoms with Gasteiger partial charge in [-0.15, -0.1) is 11.3 Å². The molecule has 2 aromatic carbocycles. The lowest BCUT2D eigenvalue weighted by molar-refractivity contribution is 0.104. The topological polar surface area (TPSA) is 49.8 Å². The Kier molecular flexibility index (Phi) is 7.85. The molecule has 4 nitrogen and oxygen atoms in total. The molecule has 1 aliphatic carbocycles. The SMILES string of the molecule is O=C(c1ccc(OCCN2CCCCC2)cc1)c1c(/C2=C/CCCCCC2)sc2cc(O)ccc12. The Hall–Kier alpha value is -2.63. The minimum Gasteiger partial charge on any atom is -0.508 e. The number of thiophene rings is 1. The Morgan fingerprint density at radius 1 is 0.943 bits per heavy atom. The van der Waals surface area contributed by atoms with Crippen LogP contribution in [0.25, 0.3) is 15.7 Å². The van der Waals surface area contributed by atoms with Crippen molar-refractivity contribution < 1.29 is 14.6 Å². The molecule has 0 atom stereocenters. The molecule has 5 heteroatoms. The number of ether oxygens (including phenoxy) is 1. The number of fused-ring (bicyclic) bond motifs is 1. The van der Waals surface area contributed by atoms with Gasteiger partial charge in [-0.1, -0.05) is 25.3 Å². The van der Waals surface area contributed by atoms with Crippen LogP contribution in [-0.2, 0) is 0 Å². The molecule has 0 saturated carbocycles. The number of likely N-dealkylation sites (tertiary alicyclic amines) is 1. The molecule has 0 spiro atoms. The number of hydrogen-bond acceptors (Lipinski definition) is 5. The van der Waals surface area contributed by atoms with Crippen LogP contribution in [0.15, 0.2) is 48.5 Å². The van der Waals surface area contributed by atoms with Gasteiger partial charge in [-0.05, 0) is 99.7 Å². The molecule has 35 heavy (non-hydrogen) atoms. The van der Waals surface area contributed by atoms with Crippen LogP contribution in [0.1, 0.15) is 78.6 Å². The van der Waals surface area contributed by atoms with Gasteiger partial charge in [-0.3, -0.25) is 9.69 Å². The number of ketones is 1. The van der Waals surface area contributed by atoms with Gasteiger partial charge < -0.3 is 9.84 Å². The molecule has 5 rings (SSSR count). The predicted molar refractivity (Wildman–Crippen MR) is 145 cm³/mol. The zero-order chi connectivity index (χ0) is 24.0. The Morgan fingerprint density at radius 3 is 2.54 bits per heavy atom. The van der Waals surface area contributed by atoms with Crippen molar-refractivity contribution in [3.05, 3.63) is 64.5 Å². The van der Waals surface area contributed by atoms with Gasteiger partial charge in [0, 0.05) is 32.6 Å². The lowest BCUT2D eigenvalue weighted by Gasteiger charge is -2.26. The normalized spacial score (nSPS) is 19.0. The van der Waals surface area contributed by atoms with Crippen LogP contribution in [0.5, 0.6) is 11.5 Å². The number of piperidine rings is 1. The van der Waals surface area contributed by atoms with Crippen molar-refractivity contribution in [2.24, 2.45) is 0 Å². The summed E-state index contributed by atoms with van der Waals surface area (Å²) in [5.74, 6) is 1.09. The molecule has 1 aliphatic heterocycles. The molecule has 184 valence electrons. The highest BCUT2D eigenvalue weighted by atomic mass is 32.1. The minimum atomic E-state index is 0.0414. The van der Waals surface area contributed by atoms with E-state index in [1.165, 1.54) is 57.2 Å². The highest BCUT2D eigenvalue weighted by Gasteiger charge is 2.23. The van der Waals surface area contributed by atoms with Crippen molar-refractivity contribution in [3.8, 4) is 11.5 Å². The van der Waals surface area contributed by atoms with Gasteiger partial charge in [-0.25, -0.2) is 0 Å². The fraction of sp³-hybridized carbons (Fsp3) is 0.433. The van der Waals surface area contributed by atoms with Crippen LogP contribution in [0.4, 0.5) is 0 Å². The van der Waals surface area contributed by atoms with Crippen molar-refractivity contribution in [3.63, 3.8) is 0 Å². The molecule has 1 fully saturated rings. The first-order valence-corrected chi connectivity index (χ1v) is 14.0. The number of nitrogens with zero attached hydrogens (tertiary/aromatic N) is 1. The van der Waals surface area contributed by atoms with Gasteiger partial charge in [-0.2, -0.15) is 0 Å². The highest BCUT2D eigenvalue weighted by molar-refractivity contribution is 7.20. The highest BCUT2D eigenvalue weighted by Crippen LogP contribution is 2.41. The summed E-state index contributed by atoms with van der Waals surface area (Å²) in [6.07, 6.45) is 13.2. The number of benzene rings is 2. The smallest absolute Gasteiger partial charge is 0.195 e. The Morgan fingerprint density at radius 2 is 1.71 bits per heavy atom. The maximum atomic E-state index is 13.8. The molecular weight excluding hydrogens is 454 g/mol. The van der Waals surface area contributed by atoms with Crippen molar-refractivity contribution in [1.29, 1.82) is 0 Å². The second-order valence-corrected chi connectivity index (χ2v) is 10.8. The third-order valence-electron chi connectivity index (χ3n) is 7.22. The van der Waals surface area contributed by atoms with Gasteiger partial charge >= 0.3 is 0 Å². The van der Waals surface area contributed by atoms with E-state index in [2.05, 4.69) is 11.0 Å². The van der Waals surface area contributed by atoms with Crippen LogP contribution in [0.2, 0.25) is 0 Å². The molecule has 0 amide bonds. The van der Waals surface area contributed by atoms with E-state index in [1.807, 2.05) is 30.3 Å². The third kappa shape index (κ3) is 5.79. The quantitative estimate of drug-likeness (QED) is 0.350. The predicted octanol–water partition coefficient (Wildman–Crippen LogP) is 7.44. The van der Waals surface area contributed by atoms with Crippen LogP contribution in [-0.4, -0.2) is 42.0 Å². The summed E-state index contributed by atoms with van der Waals surface area (Å²) in [6.45, 7) is 3.96. The minimum absolute atomic E-state index is 0.0414. The van der Waals surface area contributed by atoms with E-state index in [4.69, 9.17) is 4.74 Å². The first-order chi connectivity index (χ1) is 17.2. The monoisotopic (exact) mass is 489 g/mol. The Labute approximate surface area is 212 Å². The largest absolute Gasteiger partial charge is 0.508 e. The van der Waals surface area contributed by atoms with Gasteiger partial charge in [0.2, 0.25) is 0 Å². The second-order valence-electron chi connectivity index (χ2n) is 9.77. The van der Waals surface area contributed by atoms with Gasteiger partial charge in [0.1, 0.15) is 18.1 Å². The number of rotatable bonds is 7. The van der Waals surface area contributed by atoms with Crippen LogP contribution >= 0.6 is 11.3 Å². The number of phenolic OH excluding ortho intramolecular Hbond substituents is 1. The first kappa shape index (κ1) is 24.1. The van der Waals surface area contributed by atoms with Gasteiger partial charge in [0.25, 0.3) is 0 Å². The zero-order valence-electron chi connectivity index (χ0n) is 20.4.